The molecule has 0 spiro atoms. The van der Waals surface area contributed by atoms with Gasteiger partial charge in [-0.05, 0) is 42.0 Å². The van der Waals surface area contributed by atoms with Gasteiger partial charge in [0.05, 0.1) is 0 Å². The molecule has 0 bridgehead atoms. The normalized spacial score (nSPS) is 17.8. The first-order valence-electron chi connectivity index (χ1n) is 13.9. The van der Waals surface area contributed by atoms with E-state index in [1.54, 1.807) is 0 Å². The van der Waals surface area contributed by atoms with Crippen molar-refractivity contribution in [2.24, 2.45) is 0 Å². The van der Waals surface area contributed by atoms with Gasteiger partial charge in [0.1, 0.15) is 0 Å². The van der Waals surface area contributed by atoms with Crippen LogP contribution in [-0.2, 0) is 26.2 Å². The molecular formula is C35H40N2. The van der Waals surface area contributed by atoms with E-state index in [1.165, 1.54) is 53.5 Å². The summed E-state index contributed by atoms with van der Waals surface area (Å²) in [5, 5.41) is 0. The molecule has 4 aromatic carbocycles. The van der Waals surface area contributed by atoms with E-state index in [2.05, 4.69) is 132 Å². The van der Waals surface area contributed by atoms with Gasteiger partial charge in [-0.15, -0.1) is 0 Å². The Morgan fingerprint density at radius 2 is 0.865 bits per heavy atom. The summed E-state index contributed by atoms with van der Waals surface area (Å²) in [5.74, 6) is 0. The van der Waals surface area contributed by atoms with Crippen molar-refractivity contribution in [3.8, 4) is 0 Å². The third-order valence-electron chi connectivity index (χ3n) is 7.79. The lowest BCUT2D eigenvalue weighted by molar-refractivity contribution is 0.0296. The van der Waals surface area contributed by atoms with Crippen LogP contribution in [0.3, 0.4) is 0 Å². The van der Waals surface area contributed by atoms with E-state index in [0.717, 1.165) is 26.2 Å². The molecule has 0 aromatic heterocycles. The molecule has 2 nitrogen and oxygen atoms in total. The summed E-state index contributed by atoms with van der Waals surface area (Å²) in [6, 6.07) is 43.2. The van der Waals surface area contributed by atoms with Gasteiger partial charge in [-0.1, -0.05) is 134 Å². The zero-order valence-corrected chi connectivity index (χ0v) is 22.2. The summed E-state index contributed by atoms with van der Waals surface area (Å²) in [5.41, 5.74) is 6.95. The lowest BCUT2D eigenvalue weighted by Gasteiger charge is -2.45. The molecule has 0 saturated heterocycles. The van der Waals surface area contributed by atoms with Crippen LogP contribution in [0.4, 0.5) is 0 Å². The third kappa shape index (κ3) is 7.19. The second-order valence-electron chi connectivity index (χ2n) is 10.7. The van der Waals surface area contributed by atoms with Crippen molar-refractivity contribution in [3.05, 3.63) is 143 Å². The second kappa shape index (κ2) is 12.9. The molecule has 0 unspecified atom stereocenters. The van der Waals surface area contributed by atoms with Crippen LogP contribution in [0.5, 0.6) is 0 Å². The van der Waals surface area contributed by atoms with Gasteiger partial charge in [0.25, 0.3) is 0 Å². The van der Waals surface area contributed by atoms with E-state index in [-0.39, 0.29) is 0 Å². The van der Waals surface area contributed by atoms with Crippen molar-refractivity contribution in [2.75, 3.05) is 0 Å². The van der Waals surface area contributed by atoms with Crippen LogP contribution in [0.25, 0.3) is 0 Å². The van der Waals surface area contributed by atoms with E-state index < -0.39 is 0 Å². The van der Waals surface area contributed by atoms with Crippen LogP contribution < -0.4 is 0 Å². The molecule has 1 fully saturated rings. The average Bonchev–Trinajstić information content (AvgIpc) is 2.94. The van der Waals surface area contributed by atoms with E-state index in [9.17, 15) is 0 Å². The lowest BCUT2D eigenvalue weighted by atomic mass is 9.86. The molecule has 2 atom stereocenters. The van der Waals surface area contributed by atoms with E-state index in [0.29, 0.717) is 12.1 Å². The molecule has 0 radical (unpaired) electrons. The highest BCUT2D eigenvalue weighted by molar-refractivity contribution is 5.23. The monoisotopic (exact) mass is 488 g/mol. The largest absolute Gasteiger partial charge is 0.290 e. The maximum atomic E-state index is 2.77. The quantitative estimate of drug-likeness (QED) is 0.223. The van der Waals surface area contributed by atoms with Crippen LogP contribution in [0.1, 0.15) is 53.5 Å². The summed E-state index contributed by atoms with van der Waals surface area (Å²) in [6.07, 6.45) is 5.13. The Morgan fingerprint density at radius 1 is 0.486 bits per heavy atom. The highest BCUT2D eigenvalue weighted by atomic mass is 15.2. The molecule has 4 aromatic rings. The number of benzene rings is 4. The molecule has 1 aliphatic carbocycles. The predicted octanol–water partition coefficient (Wildman–Crippen LogP) is 8.01. The van der Waals surface area contributed by atoms with Crippen molar-refractivity contribution < 1.29 is 0 Å². The van der Waals surface area contributed by atoms with Crippen LogP contribution in [0, 0.1) is 6.92 Å². The molecular weight excluding hydrogens is 448 g/mol. The van der Waals surface area contributed by atoms with Crippen LogP contribution in [0.15, 0.2) is 115 Å². The molecule has 0 heterocycles. The highest BCUT2D eigenvalue weighted by Crippen LogP contribution is 2.32. The first kappa shape index (κ1) is 25.4. The Hall–Kier alpha value is -3.20. The molecule has 5 rings (SSSR count). The van der Waals surface area contributed by atoms with Gasteiger partial charge < -0.3 is 0 Å². The fraction of sp³-hybridized carbons (Fsp3) is 0.314. The summed E-state index contributed by atoms with van der Waals surface area (Å²) in [7, 11) is 0. The van der Waals surface area contributed by atoms with Gasteiger partial charge in [-0.25, -0.2) is 0 Å². The van der Waals surface area contributed by atoms with Gasteiger partial charge in [-0.2, -0.15) is 0 Å². The van der Waals surface area contributed by atoms with Crippen molar-refractivity contribution in [1.82, 2.24) is 9.80 Å². The van der Waals surface area contributed by atoms with E-state index >= 15 is 0 Å². The minimum Gasteiger partial charge on any atom is -0.290 e. The number of nitrogens with zero attached hydrogens (tertiary/aromatic N) is 2. The smallest absolute Gasteiger partial charge is 0.0258 e. The Kier molecular flexibility index (Phi) is 8.84. The first-order chi connectivity index (χ1) is 18.2. The Bertz CT molecular complexity index is 1160. The van der Waals surface area contributed by atoms with Crippen LogP contribution in [0.2, 0.25) is 0 Å². The van der Waals surface area contributed by atoms with Crippen LogP contribution >= 0.6 is 0 Å². The Labute approximate surface area is 223 Å². The topological polar surface area (TPSA) is 6.48 Å². The number of rotatable bonds is 10. The highest BCUT2D eigenvalue weighted by Gasteiger charge is 2.34. The molecule has 1 saturated carbocycles. The van der Waals surface area contributed by atoms with Gasteiger partial charge >= 0.3 is 0 Å². The zero-order valence-electron chi connectivity index (χ0n) is 22.2. The summed E-state index contributed by atoms with van der Waals surface area (Å²) in [6.45, 7) is 6.15. The summed E-state index contributed by atoms with van der Waals surface area (Å²) >= 11 is 0. The molecule has 0 amide bonds. The number of aryl methyl sites for hydroxylation is 1. The van der Waals surface area contributed by atoms with Gasteiger partial charge in [0.15, 0.2) is 0 Å². The molecule has 37 heavy (non-hydrogen) atoms. The Morgan fingerprint density at radius 3 is 1.27 bits per heavy atom. The second-order valence-corrected chi connectivity index (χ2v) is 10.7. The molecule has 0 N–H and O–H groups in total. The minimum absolute atomic E-state index is 0.516. The standard InChI is InChI=1S/C35H40N2/c1-29-14-13-21-33(24-29)28-37(27-32-19-9-4-10-20-32)35-23-12-11-22-34(35)36(25-30-15-5-2-6-16-30)26-31-17-7-3-8-18-31/h2-10,13-21,24,34-35H,11-12,22-23,25-28H2,1H3/t34-,35-/m1/s1. The fourth-order valence-electron chi connectivity index (χ4n) is 6.02. The molecule has 2 heteroatoms. The van der Waals surface area contributed by atoms with Crippen molar-refractivity contribution in [3.63, 3.8) is 0 Å². The average molecular weight is 489 g/mol. The summed E-state index contributed by atoms with van der Waals surface area (Å²) < 4.78 is 0. The number of hydrogen-bond donors (Lipinski definition) is 0. The molecule has 0 aliphatic heterocycles. The SMILES string of the molecule is Cc1cccc(CN(Cc2ccccc2)[C@@H]2CCCC[C@H]2N(Cc2ccccc2)Cc2ccccc2)c1. The lowest BCUT2D eigenvalue weighted by Crippen LogP contribution is -2.52. The van der Waals surface area contributed by atoms with Crippen molar-refractivity contribution >= 4 is 0 Å². The fourth-order valence-corrected chi connectivity index (χ4v) is 6.02. The Balaban J connectivity index is 1.46. The zero-order chi connectivity index (χ0) is 25.3. The maximum absolute atomic E-state index is 2.77. The van der Waals surface area contributed by atoms with Crippen molar-refractivity contribution in [2.45, 2.75) is 70.9 Å². The predicted molar refractivity (Wildman–Crippen MR) is 155 cm³/mol. The van der Waals surface area contributed by atoms with Gasteiger partial charge in [-0.3, -0.25) is 9.80 Å². The van der Waals surface area contributed by atoms with E-state index in [4.69, 9.17) is 0 Å². The molecule has 190 valence electrons. The van der Waals surface area contributed by atoms with Gasteiger partial charge in [0, 0.05) is 38.3 Å². The first-order valence-corrected chi connectivity index (χ1v) is 13.9. The summed E-state index contributed by atoms with van der Waals surface area (Å²) in [4.78, 5) is 5.54. The number of hydrogen-bond acceptors (Lipinski definition) is 2. The van der Waals surface area contributed by atoms with Crippen LogP contribution in [-0.4, -0.2) is 21.9 Å². The molecule has 1 aliphatic rings. The van der Waals surface area contributed by atoms with Crippen molar-refractivity contribution in [1.29, 1.82) is 0 Å². The third-order valence-corrected chi connectivity index (χ3v) is 7.79. The minimum atomic E-state index is 0.516. The van der Waals surface area contributed by atoms with E-state index in [1.807, 2.05) is 0 Å². The van der Waals surface area contributed by atoms with Gasteiger partial charge in [0.2, 0.25) is 0 Å². The maximum Gasteiger partial charge on any atom is 0.0258 e.